The zero-order chi connectivity index (χ0) is 8.48. The van der Waals surface area contributed by atoms with Gasteiger partial charge in [0.15, 0.2) is 5.79 Å². The zero-order valence-corrected chi connectivity index (χ0v) is 5.69. The Morgan fingerprint density at radius 3 is 2.64 bits per heavy atom. The molecule has 0 saturated heterocycles. The molecule has 3 N–H and O–H groups in total. The zero-order valence-electron chi connectivity index (χ0n) is 5.69. The highest BCUT2D eigenvalue weighted by atomic mass is 16.5. The summed E-state index contributed by atoms with van der Waals surface area (Å²) in [6.07, 6.45) is 2.35. The second-order valence-corrected chi connectivity index (χ2v) is 2.45. The number of rotatable bonds is 1. The van der Waals surface area contributed by atoms with E-state index < -0.39 is 5.79 Å². The fraction of sp³-hybridized carbons (Fsp3) is 0.286. The van der Waals surface area contributed by atoms with Gasteiger partial charge < -0.3 is 15.3 Å². The topological polar surface area (TPSA) is 77.8 Å². The Bertz CT molecular complexity index is 237. The minimum Gasteiger partial charge on any atom is -0.512 e. The second-order valence-electron chi connectivity index (χ2n) is 2.45. The molecule has 4 nitrogen and oxygen atoms in total. The van der Waals surface area contributed by atoms with Gasteiger partial charge in [-0.25, -0.2) is 0 Å². The molecular formula is C7H8O4. The minimum absolute atomic E-state index is 0.0683. The standard InChI is InChI=1S/C7H8O4/c8-4-5-1-6(9)3-7(10,11)2-5/h1-2,4,9-11H,3H2. The van der Waals surface area contributed by atoms with Crippen LogP contribution in [0.4, 0.5) is 0 Å². The van der Waals surface area contributed by atoms with Gasteiger partial charge in [0.2, 0.25) is 0 Å². The summed E-state index contributed by atoms with van der Waals surface area (Å²) < 4.78 is 0. The molecule has 1 rings (SSSR count). The molecule has 11 heavy (non-hydrogen) atoms. The maximum Gasteiger partial charge on any atom is 0.190 e. The Morgan fingerprint density at radius 2 is 2.18 bits per heavy atom. The fourth-order valence-electron chi connectivity index (χ4n) is 0.938. The summed E-state index contributed by atoms with van der Waals surface area (Å²) in [5.74, 6) is -2.30. The Balaban J connectivity index is 2.95. The maximum absolute atomic E-state index is 10.1. The molecule has 4 heteroatoms. The van der Waals surface area contributed by atoms with Crippen LogP contribution in [0.2, 0.25) is 0 Å². The third kappa shape index (κ3) is 1.89. The largest absolute Gasteiger partial charge is 0.512 e. The molecule has 0 spiro atoms. The predicted molar refractivity (Wildman–Crippen MR) is 36.6 cm³/mol. The number of aliphatic hydroxyl groups excluding tert-OH is 1. The highest BCUT2D eigenvalue weighted by Crippen LogP contribution is 2.21. The molecule has 0 heterocycles. The quantitative estimate of drug-likeness (QED) is 0.358. The lowest BCUT2D eigenvalue weighted by Crippen LogP contribution is -2.28. The van der Waals surface area contributed by atoms with Crippen LogP contribution < -0.4 is 0 Å². The number of carbonyl (C=O) groups excluding carboxylic acids is 1. The van der Waals surface area contributed by atoms with E-state index >= 15 is 0 Å². The first kappa shape index (κ1) is 7.97. The Hall–Kier alpha value is -1.13. The highest BCUT2D eigenvalue weighted by molar-refractivity contribution is 5.78. The third-order valence-electron chi connectivity index (χ3n) is 1.31. The van der Waals surface area contributed by atoms with Gasteiger partial charge in [-0.15, -0.1) is 0 Å². The van der Waals surface area contributed by atoms with E-state index in [-0.39, 0.29) is 17.8 Å². The molecule has 0 saturated carbocycles. The van der Waals surface area contributed by atoms with Crippen molar-refractivity contribution in [1.82, 2.24) is 0 Å². The third-order valence-corrected chi connectivity index (χ3v) is 1.31. The monoisotopic (exact) mass is 156 g/mol. The summed E-state index contributed by atoms with van der Waals surface area (Å²) in [5, 5.41) is 26.8. The van der Waals surface area contributed by atoms with Crippen molar-refractivity contribution in [1.29, 1.82) is 0 Å². The van der Waals surface area contributed by atoms with Crippen molar-refractivity contribution in [2.24, 2.45) is 0 Å². The van der Waals surface area contributed by atoms with Gasteiger partial charge in [-0.3, -0.25) is 4.79 Å². The first-order valence-corrected chi connectivity index (χ1v) is 3.06. The van der Waals surface area contributed by atoms with E-state index in [9.17, 15) is 4.79 Å². The maximum atomic E-state index is 10.1. The fourth-order valence-corrected chi connectivity index (χ4v) is 0.938. The van der Waals surface area contributed by atoms with Crippen LogP contribution in [0.15, 0.2) is 23.5 Å². The first-order valence-electron chi connectivity index (χ1n) is 3.06. The summed E-state index contributed by atoms with van der Waals surface area (Å²) in [7, 11) is 0. The summed E-state index contributed by atoms with van der Waals surface area (Å²) in [4.78, 5) is 10.1. The number of carbonyl (C=O) groups is 1. The van der Waals surface area contributed by atoms with Crippen LogP contribution >= 0.6 is 0 Å². The molecule has 0 aromatic heterocycles. The summed E-state index contributed by atoms with van der Waals surface area (Å²) in [6.45, 7) is 0. The molecule has 0 radical (unpaired) electrons. The van der Waals surface area contributed by atoms with Gasteiger partial charge in [0.05, 0.1) is 12.2 Å². The highest BCUT2D eigenvalue weighted by Gasteiger charge is 2.25. The van der Waals surface area contributed by atoms with Crippen molar-refractivity contribution >= 4 is 6.29 Å². The molecule has 0 amide bonds. The van der Waals surface area contributed by atoms with Crippen LogP contribution in [0.25, 0.3) is 0 Å². The Morgan fingerprint density at radius 1 is 1.55 bits per heavy atom. The van der Waals surface area contributed by atoms with Gasteiger partial charge in [-0.05, 0) is 12.2 Å². The van der Waals surface area contributed by atoms with Crippen LogP contribution in [0, 0.1) is 0 Å². The van der Waals surface area contributed by atoms with E-state index in [0.717, 1.165) is 6.08 Å². The summed E-state index contributed by atoms with van der Waals surface area (Å²) in [6, 6.07) is 0. The van der Waals surface area contributed by atoms with E-state index in [2.05, 4.69) is 0 Å². The molecule has 0 atom stereocenters. The lowest BCUT2D eigenvalue weighted by molar-refractivity contribution is -0.124. The molecule has 0 fully saturated rings. The minimum atomic E-state index is -2.09. The van der Waals surface area contributed by atoms with E-state index in [0.29, 0.717) is 6.29 Å². The van der Waals surface area contributed by atoms with Crippen molar-refractivity contribution in [3.05, 3.63) is 23.5 Å². The second kappa shape index (κ2) is 2.48. The van der Waals surface area contributed by atoms with Crippen molar-refractivity contribution in [2.75, 3.05) is 0 Å². The number of allylic oxidation sites excluding steroid dienone is 2. The molecule has 0 aromatic rings. The molecule has 0 unspecified atom stereocenters. The van der Waals surface area contributed by atoms with E-state index in [1.165, 1.54) is 6.08 Å². The van der Waals surface area contributed by atoms with Crippen molar-refractivity contribution in [3.8, 4) is 0 Å². The molecular weight excluding hydrogens is 148 g/mol. The van der Waals surface area contributed by atoms with Crippen LogP contribution in [0.5, 0.6) is 0 Å². The SMILES string of the molecule is O=CC1=CC(O)(O)CC(O)=C1. The molecule has 0 aliphatic heterocycles. The van der Waals surface area contributed by atoms with Crippen molar-refractivity contribution in [3.63, 3.8) is 0 Å². The average molecular weight is 156 g/mol. The smallest absolute Gasteiger partial charge is 0.190 e. The van der Waals surface area contributed by atoms with E-state index in [4.69, 9.17) is 15.3 Å². The van der Waals surface area contributed by atoms with Crippen LogP contribution in [0.3, 0.4) is 0 Å². The normalized spacial score (nSPS) is 22.0. The van der Waals surface area contributed by atoms with Gasteiger partial charge in [0.25, 0.3) is 0 Å². The molecule has 60 valence electrons. The van der Waals surface area contributed by atoms with Crippen molar-refractivity contribution < 1.29 is 20.1 Å². The van der Waals surface area contributed by atoms with Gasteiger partial charge in [-0.2, -0.15) is 0 Å². The average Bonchev–Trinajstić information content (AvgIpc) is 1.83. The number of aliphatic hydroxyl groups is 3. The lowest BCUT2D eigenvalue weighted by atomic mass is 10.0. The van der Waals surface area contributed by atoms with E-state index in [1.54, 1.807) is 0 Å². The first-order chi connectivity index (χ1) is 5.03. The van der Waals surface area contributed by atoms with Gasteiger partial charge in [-0.1, -0.05) is 0 Å². The molecule has 1 aliphatic carbocycles. The number of hydrogen-bond donors (Lipinski definition) is 3. The number of hydrogen-bond acceptors (Lipinski definition) is 4. The predicted octanol–water partition coefficient (Wildman–Crippen LogP) is -0.362. The van der Waals surface area contributed by atoms with E-state index in [1.807, 2.05) is 0 Å². The molecule has 1 aliphatic rings. The summed E-state index contributed by atoms with van der Waals surface area (Å²) >= 11 is 0. The number of aldehydes is 1. The van der Waals surface area contributed by atoms with Crippen LogP contribution in [-0.2, 0) is 4.79 Å². The molecule has 0 aromatic carbocycles. The Labute approximate surface area is 63.1 Å². The lowest BCUT2D eigenvalue weighted by Gasteiger charge is -2.20. The van der Waals surface area contributed by atoms with Crippen LogP contribution in [-0.4, -0.2) is 27.4 Å². The summed E-state index contributed by atoms with van der Waals surface area (Å²) in [5.41, 5.74) is 0.0683. The molecule has 0 bridgehead atoms. The van der Waals surface area contributed by atoms with Gasteiger partial charge in [0, 0.05) is 5.57 Å². The Kier molecular flexibility index (Phi) is 1.80. The van der Waals surface area contributed by atoms with Crippen LogP contribution in [0.1, 0.15) is 6.42 Å². The van der Waals surface area contributed by atoms with Gasteiger partial charge >= 0.3 is 0 Å². The van der Waals surface area contributed by atoms with Crippen molar-refractivity contribution in [2.45, 2.75) is 12.2 Å². The van der Waals surface area contributed by atoms with Gasteiger partial charge in [0.1, 0.15) is 6.29 Å².